The fourth-order valence-corrected chi connectivity index (χ4v) is 4.75. The smallest absolute Gasteiger partial charge is 0.254 e. The topological polar surface area (TPSA) is 50.2 Å². The maximum absolute atomic E-state index is 13.1. The molecule has 5 heteroatoms. The van der Waals surface area contributed by atoms with E-state index in [0.29, 0.717) is 6.04 Å². The molecule has 1 amide bonds. The summed E-state index contributed by atoms with van der Waals surface area (Å²) in [6.07, 6.45) is 5.12. The third-order valence-electron chi connectivity index (χ3n) is 6.21. The number of rotatable bonds is 2. The zero-order chi connectivity index (χ0) is 19.3. The number of piperidine rings is 1. The number of aryl methyl sites for hydroxylation is 2. The molecule has 1 N–H and O–H groups in total. The number of hydrogen-bond donors (Lipinski definition) is 1. The van der Waals surface area contributed by atoms with Gasteiger partial charge in [-0.1, -0.05) is 12.1 Å². The van der Waals surface area contributed by atoms with E-state index in [1.165, 1.54) is 22.3 Å². The first-order valence-electron chi connectivity index (χ1n) is 10.2. The summed E-state index contributed by atoms with van der Waals surface area (Å²) in [5, 5.41) is 9.09. The lowest BCUT2D eigenvalue weighted by Gasteiger charge is -2.37. The number of carbonyl (C=O) groups is 1. The van der Waals surface area contributed by atoms with E-state index < -0.39 is 0 Å². The highest BCUT2D eigenvalue weighted by Crippen LogP contribution is 2.31. The molecule has 1 aromatic heterocycles. The van der Waals surface area contributed by atoms with Gasteiger partial charge < -0.3 is 10.2 Å². The summed E-state index contributed by atoms with van der Waals surface area (Å²) in [6.45, 7) is 4.96. The molecule has 1 saturated heterocycles. The molecule has 2 aromatic carbocycles. The van der Waals surface area contributed by atoms with Gasteiger partial charge in [-0.3, -0.25) is 9.48 Å². The normalized spacial score (nSPS) is 17.9. The van der Waals surface area contributed by atoms with Gasteiger partial charge in [0, 0.05) is 36.8 Å². The van der Waals surface area contributed by atoms with Gasteiger partial charge in [-0.25, -0.2) is 0 Å². The summed E-state index contributed by atoms with van der Waals surface area (Å²) in [4.78, 5) is 15.2. The second-order valence-corrected chi connectivity index (χ2v) is 8.14. The first kappa shape index (κ1) is 17.4. The molecule has 5 nitrogen and oxygen atoms in total. The van der Waals surface area contributed by atoms with Gasteiger partial charge >= 0.3 is 0 Å². The molecule has 1 fully saturated rings. The molecule has 3 heterocycles. The maximum atomic E-state index is 13.1. The van der Waals surface area contributed by atoms with Gasteiger partial charge in [0.2, 0.25) is 0 Å². The Kier molecular flexibility index (Phi) is 4.20. The standard InChI is InChI=1S/C23H26N4O/c1-15-11-18(13-19-14-26(2)25-22(15)19)16-3-4-21-17(12-16)7-10-27(23(21)28)20-5-8-24-9-6-20/h3-4,11-14,20,24H,5-10H2,1-2H3. The van der Waals surface area contributed by atoms with E-state index in [4.69, 9.17) is 0 Å². The van der Waals surface area contributed by atoms with E-state index >= 15 is 0 Å². The van der Waals surface area contributed by atoms with E-state index in [9.17, 15) is 4.79 Å². The van der Waals surface area contributed by atoms with Crippen LogP contribution in [-0.4, -0.2) is 46.3 Å². The Morgan fingerprint density at radius 3 is 2.75 bits per heavy atom. The molecular weight excluding hydrogens is 348 g/mol. The number of carbonyl (C=O) groups excluding carboxylic acids is 1. The SMILES string of the molecule is Cc1cc(-c2ccc3c(c2)CCN(C2CCNCC2)C3=O)cc2cn(C)nc12. The average molecular weight is 374 g/mol. The van der Waals surface area contributed by atoms with Crippen molar-refractivity contribution in [1.82, 2.24) is 20.0 Å². The van der Waals surface area contributed by atoms with Crippen molar-refractivity contribution in [2.45, 2.75) is 32.2 Å². The largest absolute Gasteiger partial charge is 0.335 e. The zero-order valence-corrected chi connectivity index (χ0v) is 16.5. The van der Waals surface area contributed by atoms with Crippen molar-refractivity contribution in [3.63, 3.8) is 0 Å². The molecule has 2 aliphatic heterocycles. The summed E-state index contributed by atoms with van der Waals surface area (Å²) in [7, 11) is 1.96. The average Bonchev–Trinajstić information content (AvgIpc) is 3.09. The van der Waals surface area contributed by atoms with E-state index in [2.05, 4.69) is 52.7 Å². The molecule has 0 saturated carbocycles. The van der Waals surface area contributed by atoms with E-state index in [0.717, 1.165) is 55.4 Å². The lowest BCUT2D eigenvalue weighted by Crippen LogP contribution is -2.49. The Hall–Kier alpha value is -2.66. The Bertz CT molecular complexity index is 1060. The molecule has 0 unspecified atom stereocenters. The van der Waals surface area contributed by atoms with E-state index in [1.54, 1.807) is 0 Å². The fourth-order valence-electron chi connectivity index (χ4n) is 4.75. The summed E-state index contributed by atoms with van der Waals surface area (Å²) in [5.74, 6) is 0.207. The van der Waals surface area contributed by atoms with Gasteiger partial charge in [-0.05, 0) is 79.7 Å². The summed E-state index contributed by atoms with van der Waals surface area (Å²) < 4.78 is 1.86. The number of amides is 1. The van der Waals surface area contributed by atoms with Crippen LogP contribution in [0.25, 0.3) is 22.0 Å². The molecule has 144 valence electrons. The third-order valence-corrected chi connectivity index (χ3v) is 6.21. The summed E-state index contributed by atoms with van der Waals surface area (Å²) >= 11 is 0. The van der Waals surface area contributed by atoms with Crippen LogP contribution in [0.4, 0.5) is 0 Å². The quantitative estimate of drug-likeness (QED) is 0.749. The van der Waals surface area contributed by atoms with Crippen molar-refractivity contribution >= 4 is 16.8 Å². The fraction of sp³-hybridized carbons (Fsp3) is 0.391. The highest BCUT2D eigenvalue weighted by molar-refractivity contribution is 5.98. The molecule has 0 radical (unpaired) electrons. The highest BCUT2D eigenvalue weighted by atomic mass is 16.2. The molecule has 28 heavy (non-hydrogen) atoms. The van der Waals surface area contributed by atoms with Crippen LogP contribution in [0.15, 0.2) is 36.5 Å². The summed E-state index contributed by atoms with van der Waals surface area (Å²) in [6, 6.07) is 11.1. The first-order valence-corrected chi connectivity index (χ1v) is 10.2. The van der Waals surface area contributed by atoms with Gasteiger partial charge in [0.25, 0.3) is 5.91 Å². The predicted octanol–water partition coefficient (Wildman–Crippen LogP) is 3.30. The Morgan fingerprint density at radius 2 is 1.93 bits per heavy atom. The van der Waals surface area contributed by atoms with Crippen molar-refractivity contribution in [2.75, 3.05) is 19.6 Å². The highest BCUT2D eigenvalue weighted by Gasteiger charge is 2.30. The van der Waals surface area contributed by atoms with Gasteiger partial charge in [-0.15, -0.1) is 0 Å². The van der Waals surface area contributed by atoms with Crippen LogP contribution in [0, 0.1) is 6.92 Å². The minimum atomic E-state index is 0.207. The predicted molar refractivity (Wildman–Crippen MR) is 112 cm³/mol. The van der Waals surface area contributed by atoms with Crippen LogP contribution in [0.5, 0.6) is 0 Å². The number of aromatic nitrogens is 2. The van der Waals surface area contributed by atoms with Crippen LogP contribution in [0.1, 0.15) is 34.3 Å². The van der Waals surface area contributed by atoms with Gasteiger partial charge in [0.05, 0.1) is 5.52 Å². The van der Waals surface area contributed by atoms with Gasteiger partial charge in [0.1, 0.15) is 0 Å². The first-order chi connectivity index (χ1) is 13.6. The van der Waals surface area contributed by atoms with Crippen molar-refractivity contribution < 1.29 is 4.79 Å². The number of hydrogen-bond acceptors (Lipinski definition) is 3. The number of nitrogens with zero attached hydrogens (tertiary/aromatic N) is 3. The molecule has 0 atom stereocenters. The minimum absolute atomic E-state index is 0.207. The second-order valence-electron chi connectivity index (χ2n) is 8.14. The Morgan fingerprint density at radius 1 is 1.11 bits per heavy atom. The minimum Gasteiger partial charge on any atom is -0.335 e. The lowest BCUT2D eigenvalue weighted by molar-refractivity contribution is 0.0624. The molecular formula is C23H26N4O. The molecule has 0 aliphatic carbocycles. The van der Waals surface area contributed by atoms with E-state index in [1.807, 2.05) is 17.8 Å². The molecule has 3 aromatic rings. The second kappa shape index (κ2) is 6.74. The van der Waals surface area contributed by atoms with Crippen LogP contribution in [0.3, 0.4) is 0 Å². The van der Waals surface area contributed by atoms with Crippen LogP contribution in [0.2, 0.25) is 0 Å². The molecule has 2 aliphatic rings. The Balaban J connectivity index is 1.48. The van der Waals surface area contributed by atoms with Crippen LogP contribution < -0.4 is 5.32 Å². The molecule has 0 spiro atoms. The number of benzene rings is 2. The monoisotopic (exact) mass is 374 g/mol. The number of fused-ring (bicyclic) bond motifs is 2. The van der Waals surface area contributed by atoms with Crippen molar-refractivity contribution in [2.24, 2.45) is 7.05 Å². The zero-order valence-electron chi connectivity index (χ0n) is 16.5. The molecule has 5 rings (SSSR count). The summed E-state index contributed by atoms with van der Waals surface area (Å²) in [5.41, 5.74) is 6.66. The van der Waals surface area contributed by atoms with Gasteiger partial charge in [0.15, 0.2) is 0 Å². The van der Waals surface area contributed by atoms with Gasteiger partial charge in [-0.2, -0.15) is 5.10 Å². The maximum Gasteiger partial charge on any atom is 0.254 e. The van der Waals surface area contributed by atoms with E-state index in [-0.39, 0.29) is 5.91 Å². The van der Waals surface area contributed by atoms with Crippen molar-refractivity contribution in [3.05, 3.63) is 53.2 Å². The van der Waals surface area contributed by atoms with Crippen LogP contribution >= 0.6 is 0 Å². The van der Waals surface area contributed by atoms with Crippen molar-refractivity contribution in [1.29, 1.82) is 0 Å². The van der Waals surface area contributed by atoms with Crippen molar-refractivity contribution in [3.8, 4) is 11.1 Å². The molecule has 0 bridgehead atoms. The van der Waals surface area contributed by atoms with Crippen LogP contribution in [-0.2, 0) is 13.5 Å². The lowest BCUT2D eigenvalue weighted by atomic mass is 9.91. The Labute approximate surface area is 165 Å². The third kappa shape index (κ3) is 2.90. The number of nitrogens with one attached hydrogen (secondary N) is 1.